The first kappa shape index (κ1) is 15.5. The van der Waals surface area contributed by atoms with Gasteiger partial charge >= 0.3 is 0 Å². The molecule has 2 aromatic rings. The molecule has 1 aromatic heterocycles. The van der Waals surface area contributed by atoms with Gasteiger partial charge in [0.05, 0.1) is 18.4 Å². The smallest absolute Gasteiger partial charge is 0.256 e. The van der Waals surface area contributed by atoms with E-state index in [0.29, 0.717) is 34.0 Å². The quantitative estimate of drug-likeness (QED) is 0.845. The Hall–Kier alpha value is -2.07. The van der Waals surface area contributed by atoms with Gasteiger partial charge in [0.15, 0.2) is 0 Å². The van der Waals surface area contributed by atoms with Crippen molar-refractivity contribution in [3.63, 3.8) is 0 Å². The highest BCUT2D eigenvalue weighted by atomic mass is 35.5. The fourth-order valence-corrected chi connectivity index (χ4v) is 4.16. The van der Waals surface area contributed by atoms with Gasteiger partial charge in [0, 0.05) is 29.4 Å². The lowest BCUT2D eigenvalue weighted by Crippen LogP contribution is -2.37. The normalized spacial score (nSPS) is 22.0. The molecule has 1 saturated carbocycles. The van der Waals surface area contributed by atoms with Gasteiger partial charge in [-0.2, -0.15) is 0 Å². The number of carbonyl (C=O) groups is 1. The monoisotopic (exact) mass is 342 g/mol. The van der Waals surface area contributed by atoms with Crippen LogP contribution in [0, 0.1) is 5.92 Å². The number of carbonyl (C=O) groups excluding carboxylic acids is 1. The summed E-state index contributed by atoms with van der Waals surface area (Å²) in [6.45, 7) is 0.866. The summed E-state index contributed by atoms with van der Waals surface area (Å²) in [5.41, 5.74) is 1.99. The van der Waals surface area contributed by atoms with Gasteiger partial charge in [-0.3, -0.25) is 9.78 Å². The molecule has 2 heterocycles. The molecule has 124 valence electrons. The third-order valence-electron chi connectivity index (χ3n) is 5.12. The van der Waals surface area contributed by atoms with Gasteiger partial charge in [-0.15, -0.1) is 0 Å². The van der Waals surface area contributed by atoms with Crippen molar-refractivity contribution in [3.8, 4) is 17.0 Å². The van der Waals surface area contributed by atoms with Crippen molar-refractivity contribution in [2.24, 2.45) is 5.92 Å². The second-order valence-corrected chi connectivity index (χ2v) is 6.97. The molecule has 4 nitrogen and oxygen atoms in total. The first-order valence-corrected chi connectivity index (χ1v) is 8.65. The van der Waals surface area contributed by atoms with Gasteiger partial charge in [-0.05, 0) is 55.5 Å². The molecule has 2 atom stereocenters. The van der Waals surface area contributed by atoms with Crippen LogP contribution in [0.2, 0.25) is 5.02 Å². The number of rotatable bonds is 3. The Labute approximate surface area is 146 Å². The molecule has 1 aliphatic heterocycles. The molecule has 0 N–H and O–H groups in total. The van der Waals surface area contributed by atoms with E-state index in [1.165, 1.54) is 6.42 Å². The SMILES string of the molecule is COc1ccc(Cl)cc1-c1ncccc1C(=O)N1C[C@H]2CC[C@@H]1C2. The van der Waals surface area contributed by atoms with E-state index in [1.54, 1.807) is 31.5 Å². The maximum absolute atomic E-state index is 13.1. The molecule has 24 heavy (non-hydrogen) atoms. The molecule has 2 aliphatic rings. The Balaban J connectivity index is 1.76. The zero-order chi connectivity index (χ0) is 16.7. The van der Waals surface area contributed by atoms with Crippen molar-refractivity contribution in [3.05, 3.63) is 47.1 Å². The van der Waals surface area contributed by atoms with Crippen LogP contribution >= 0.6 is 11.6 Å². The minimum atomic E-state index is 0.0623. The summed E-state index contributed by atoms with van der Waals surface area (Å²) in [6, 6.07) is 9.41. The van der Waals surface area contributed by atoms with E-state index >= 15 is 0 Å². The second-order valence-electron chi connectivity index (χ2n) is 6.53. The highest BCUT2D eigenvalue weighted by molar-refractivity contribution is 6.31. The molecular formula is C19H19ClN2O2. The average Bonchev–Trinajstić information content (AvgIpc) is 3.24. The summed E-state index contributed by atoms with van der Waals surface area (Å²) in [7, 11) is 1.61. The molecule has 5 heteroatoms. The molecule has 2 fully saturated rings. The number of hydrogen-bond donors (Lipinski definition) is 0. The number of methoxy groups -OCH3 is 1. The van der Waals surface area contributed by atoms with E-state index in [0.717, 1.165) is 24.9 Å². The number of nitrogens with zero attached hydrogens (tertiary/aromatic N) is 2. The van der Waals surface area contributed by atoms with Gasteiger partial charge in [0.1, 0.15) is 5.75 Å². The lowest BCUT2D eigenvalue weighted by atomic mass is 10.0. The molecular weight excluding hydrogens is 324 g/mol. The summed E-state index contributed by atoms with van der Waals surface area (Å²) in [4.78, 5) is 19.6. The van der Waals surface area contributed by atoms with Crippen LogP contribution in [0.1, 0.15) is 29.6 Å². The lowest BCUT2D eigenvalue weighted by molar-refractivity contribution is 0.0704. The summed E-state index contributed by atoms with van der Waals surface area (Å²) in [5, 5.41) is 0.593. The number of pyridine rings is 1. The fourth-order valence-electron chi connectivity index (χ4n) is 3.99. The van der Waals surface area contributed by atoms with Crippen LogP contribution in [0.3, 0.4) is 0 Å². The topological polar surface area (TPSA) is 42.4 Å². The van der Waals surface area contributed by atoms with Crippen LogP contribution in [-0.2, 0) is 0 Å². The maximum atomic E-state index is 13.1. The molecule has 2 bridgehead atoms. The highest BCUT2D eigenvalue weighted by Crippen LogP contribution is 2.39. The van der Waals surface area contributed by atoms with E-state index in [4.69, 9.17) is 16.3 Å². The fraction of sp³-hybridized carbons (Fsp3) is 0.368. The zero-order valence-electron chi connectivity index (χ0n) is 13.5. The van der Waals surface area contributed by atoms with Crippen LogP contribution in [0.4, 0.5) is 0 Å². The Morgan fingerprint density at radius 3 is 2.92 bits per heavy atom. The molecule has 1 saturated heterocycles. The van der Waals surface area contributed by atoms with E-state index in [1.807, 2.05) is 17.0 Å². The van der Waals surface area contributed by atoms with Crippen LogP contribution in [-0.4, -0.2) is 35.5 Å². The number of ether oxygens (including phenoxy) is 1. The number of likely N-dealkylation sites (tertiary alicyclic amines) is 1. The number of aromatic nitrogens is 1. The third-order valence-corrected chi connectivity index (χ3v) is 5.36. The molecule has 4 rings (SSSR count). The Kier molecular flexibility index (Phi) is 3.93. The molecule has 0 unspecified atom stereocenters. The van der Waals surface area contributed by atoms with E-state index in [-0.39, 0.29) is 5.91 Å². The number of amides is 1. The van der Waals surface area contributed by atoms with Crippen LogP contribution < -0.4 is 4.74 Å². The van der Waals surface area contributed by atoms with Crippen LogP contribution in [0.5, 0.6) is 5.75 Å². The Morgan fingerprint density at radius 2 is 2.21 bits per heavy atom. The molecule has 0 spiro atoms. The Bertz CT molecular complexity index is 793. The van der Waals surface area contributed by atoms with E-state index < -0.39 is 0 Å². The number of benzene rings is 1. The van der Waals surface area contributed by atoms with Gasteiger partial charge in [-0.1, -0.05) is 11.6 Å². The summed E-state index contributed by atoms with van der Waals surface area (Å²) in [6.07, 6.45) is 5.20. The van der Waals surface area contributed by atoms with Crippen molar-refractivity contribution in [2.75, 3.05) is 13.7 Å². The average molecular weight is 343 g/mol. The predicted octanol–water partition coefficient (Wildman–Crippen LogP) is 4.04. The number of fused-ring (bicyclic) bond motifs is 2. The van der Waals surface area contributed by atoms with Gasteiger partial charge in [0.25, 0.3) is 5.91 Å². The van der Waals surface area contributed by atoms with Crippen molar-refractivity contribution < 1.29 is 9.53 Å². The minimum Gasteiger partial charge on any atom is -0.496 e. The minimum absolute atomic E-state index is 0.0623. The van der Waals surface area contributed by atoms with Crippen molar-refractivity contribution >= 4 is 17.5 Å². The predicted molar refractivity (Wildman–Crippen MR) is 93.4 cm³/mol. The van der Waals surface area contributed by atoms with Gasteiger partial charge in [-0.25, -0.2) is 0 Å². The van der Waals surface area contributed by atoms with Gasteiger partial charge < -0.3 is 9.64 Å². The van der Waals surface area contributed by atoms with Gasteiger partial charge in [0.2, 0.25) is 0 Å². The van der Waals surface area contributed by atoms with E-state index in [2.05, 4.69) is 4.98 Å². The molecule has 1 aliphatic carbocycles. The molecule has 1 aromatic carbocycles. The number of halogens is 1. The van der Waals surface area contributed by atoms with Crippen molar-refractivity contribution in [2.45, 2.75) is 25.3 Å². The maximum Gasteiger partial charge on any atom is 0.256 e. The van der Waals surface area contributed by atoms with Crippen molar-refractivity contribution in [1.29, 1.82) is 0 Å². The molecule has 1 amide bonds. The number of hydrogen-bond acceptors (Lipinski definition) is 3. The third kappa shape index (κ3) is 2.55. The largest absolute Gasteiger partial charge is 0.496 e. The zero-order valence-corrected chi connectivity index (χ0v) is 14.3. The summed E-state index contributed by atoms with van der Waals surface area (Å²) >= 11 is 6.16. The van der Waals surface area contributed by atoms with Crippen molar-refractivity contribution in [1.82, 2.24) is 9.88 Å². The lowest BCUT2D eigenvalue weighted by Gasteiger charge is -2.27. The molecule has 0 radical (unpaired) electrons. The first-order chi connectivity index (χ1) is 11.7. The van der Waals surface area contributed by atoms with E-state index in [9.17, 15) is 4.79 Å². The Morgan fingerprint density at radius 1 is 1.33 bits per heavy atom. The first-order valence-electron chi connectivity index (χ1n) is 8.27. The second kappa shape index (κ2) is 6.10. The standard InChI is InChI=1S/C19H19ClN2O2/c1-24-17-7-5-13(20)10-16(17)18-15(3-2-8-21-18)19(23)22-11-12-4-6-14(22)9-12/h2-3,5,7-8,10,12,14H,4,6,9,11H2,1H3/t12-,14+/m0/s1. The highest BCUT2D eigenvalue weighted by Gasteiger charge is 2.41. The number of piperidine rings is 1. The van der Waals surface area contributed by atoms with Crippen LogP contribution in [0.15, 0.2) is 36.5 Å². The summed E-state index contributed by atoms with van der Waals surface area (Å²) in [5.74, 6) is 1.39. The van der Waals surface area contributed by atoms with Crippen LogP contribution in [0.25, 0.3) is 11.3 Å². The summed E-state index contributed by atoms with van der Waals surface area (Å²) < 4.78 is 5.44.